The van der Waals surface area contributed by atoms with Crippen molar-refractivity contribution in [1.29, 1.82) is 0 Å². The molecule has 0 bridgehead atoms. The monoisotopic (exact) mass is 381 g/mol. The van der Waals surface area contributed by atoms with Crippen LogP contribution in [-0.2, 0) is 4.79 Å². The third kappa shape index (κ3) is 5.83. The lowest BCUT2D eigenvalue weighted by Gasteiger charge is -2.24. The molecule has 0 aromatic heterocycles. The number of ether oxygens (including phenoxy) is 2. The molecule has 6 nitrogen and oxygen atoms in total. The van der Waals surface area contributed by atoms with Gasteiger partial charge in [-0.05, 0) is 43.7 Å². The lowest BCUT2D eigenvalue weighted by atomic mass is 10.1. The number of thioether (sulfide) groups is 1. The zero-order valence-corrected chi connectivity index (χ0v) is 16.2. The number of benzene rings is 1. The first-order valence-electron chi connectivity index (χ1n) is 9.07. The van der Waals surface area contributed by atoms with Crippen molar-refractivity contribution in [1.82, 2.24) is 4.90 Å². The average molecular weight is 381 g/mol. The van der Waals surface area contributed by atoms with Gasteiger partial charge in [0, 0.05) is 23.9 Å². The normalized spacial score (nSPS) is 17.5. The molecule has 0 saturated carbocycles. The van der Waals surface area contributed by atoms with E-state index in [1.807, 2.05) is 23.6 Å². The minimum Gasteiger partial charge on any atom is -0.490 e. The van der Waals surface area contributed by atoms with Crippen LogP contribution in [0.15, 0.2) is 18.2 Å². The number of carboxylic acid groups (broad SMARTS) is 1. The second-order valence-electron chi connectivity index (χ2n) is 6.10. The third-order valence-electron chi connectivity index (χ3n) is 4.16. The van der Waals surface area contributed by atoms with E-state index >= 15 is 0 Å². The molecule has 1 N–H and O–H groups in total. The van der Waals surface area contributed by atoms with Crippen molar-refractivity contribution in [2.75, 3.05) is 32.1 Å². The van der Waals surface area contributed by atoms with Gasteiger partial charge in [-0.1, -0.05) is 13.3 Å². The molecule has 7 heteroatoms. The number of hydrogen-bond donors (Lipinski definition) is 1. The minimum atomic E-state index is -1.06. The maximum Gasteiger partial charge on any atom is 0.341 e. The number of rotatable bonds is 8. The molecule has 26 heavy (non-hydrogen) atoms. The van der Waals surface area contributed by atoms with Crippen molar-refractivity contribution in [2.45, 2.75) is 38.4 Å². The standard InChI is InChI=1S/C19H27NO5S/c1-3-24-17-11-14(8-9-16(17)25-13-18(21)22)19(23)20-10-6-5-7-15(12-20)26-4-2/h8-9,11,15H,3-7,10,12-13H2,1-2H3,(H,21,22). The highest BCUT2D eigenvalue weighted by Crippen LogP contribution is 2.30. The minimum absolute atomic E-state index is 0.0145. The smallest absolute Gasteiger partial charge is 0.341 e. The molecule has 1 unspecified atom stereocenters. The Morgan fingerprint density at radius 3 is 2.73 bits per heavy atom. The van der Waals surface area contributed by atoms with E-state index in [0.29, 0.717) is 28.9 Å². The molecular formula is C19H27NO5S. The summed E-state index contributed by atoms with van der Waals surface area (Å²) in [6.45, 7) is 5.46. The van der Waals surface area contributed by atoms with Gasteiger partial charge in [0.05, 0.1) is 6.61 Å². The maximum absolute atomic E-state index is 13.0. The summed E-state index contributed by atoms with van der Waals surface area (Å²) in [5.74, 6) is 0.711. The second-order valence-corrected chi connectivity index (χ2v) is 7.68. The van der Waals surface area contributed by atoms with Crippen LogP contribution >= 0.6 is 11.8 Å². The van der Waals surface area contributed by atoms with Crippen molar-refractivity contribution in [2.24, 2.45) is 0 Å². The van der Waals surface area contributed by atoms with E-state index in [4.69, 9.17) is 14.6 Å². The van der Waals surface area contributed by atoms with Gasteiger partial charge < -0.3 is 19.5 Å². The predicted molar refractivity (Wildman–Crippen MR) is 102 cm³/mol. The van der Waals surface area contributed by atoms with E-state index < -0.39 is 12.6 Å². The van der Waals surface area contributed by atoms with Crippen LogP contribution in [0.1, 0.15) is 43.5 Å². The fraction of sp³-hybridized carbons (Fsp3) is 0.579. The van der Waals surface area contributed by atoms with E-state index in [2.05, 4.69) is 6.92 Å². The van der Waals surface area contributed by atoms with Gasteiger partial charge in [-0.15, -0.1) is 0 Å². The molecule has 1 aliphatic rings. The Balaban J connectivity index is 2.16. The van der Waals surface area contributed by atoms with Crippen LogP contribution in [0.5, 0.6) is 11.5 Å². The van der Waals surface area contributed by atoms with E-state index in [1.54, 1.807) is 18.2 Å². The first-order valence-corrected chi connectivity index (χ1v) is 10.1. The molecule has 1 heterocycles. The lowest BCUT2D eigenvalue weighted by Crippen LogP contribution is -2.35. The predicted octanol–water partition coefficient (Wildman–Crippen LogP) is 3.30. The molecule has 0 radical (unpaired) electrons. The summed E-state index contributed by atoms with van der Waals surface area (Å²) in [6, 6.07) is 4.93. The zero-order valence-electron chi connectivity index (χ0n) is 15.4. The first-order chi connectivity index (χ1) is 12.5. The summed E-state index contributed by atoms with van der Waals surface area (Å²) < 4.78 is 10.8. The number of likely N-dealkylation sites (tertiary alicyclic amines) is 1. The Morgan fingerprint density at radius 1 is 1.23 bits per heavy atom. The van der Waals surface area contributed by atoms with E-state index in [-0.39, 0.29) is 5.91 Å². The Labute approximate surface area is 158 Å². The summed E-state index contributed by atoms with van der Waals surface area (Å²) in [7, 11) is 0. The quantitative estimate of drug-likeness (QED) is 0.745. The summed E-state index contributed by atoms with van der Waals surface area (Å²) in [5, 5.41) is 9.26. The maximum atomic E-state index is 13.0. The zero-order chi connectivity index (χ0) is 18.9. The van der Waals surface area contributed by atoms with E-state index in [0.717, 1.165) is 38.1 Å². The largest absolute Gasteiger partial charge is 0.490 e. The van der Waals surface area contributed by atoms with Crippen LogP contribution in [0.4, 0.5) is 0 Å². The number of nitrogens with zero attached hydrogens (tertiary/aromatic N) is 1. The number of carbonyl (C=O) groups is 2. The van der Waals surface area contributed by atoms with Gasteiger partial charge in [0.15, 0.2) is 18.1 Å². The Kier molecular flexibility index (Phi) is 8.09. The van der Waals surface area contributed by atoms with Gasteiger partial charge in [-0.3, -0.25) is 4.79 Å². The fourth-order valence-corrected chi connectivity index (χ4v) is 4.10. The van der Waals surface area contributed by atoms with Gasteiger partial charge in [-0.2, -0.15) is 11.8 Å². The number of carbonyl (C=O) groups excluding carboxylic acids is 1. The van der Waals surface area contributed by atoms with E-state index in [9.17, 15) is 9.59 Å². The summed E-state index contributed by atoms with van der Waals surface area (Å²) >= 11 is 1.91. The Morgan fingerprint density at radius 2 is 2.04 bits per heavy atom. The molecule has 0 spiro atoms. The van der Waals surface area contributed by atoms with Crippen molar-refractivity contribution < 1.29 is 24.2 Å². The van der Waals surface area contributed by atoms with Crippen LogP contribution in [0.2, 0.25) is 0 Å². The van der Waals surface area contributed by atoms with Crippen molar-refractivity contribution >= 4 is 23.6 Å². The van der Waals surface area contributed by atoms with E-state index in [1.165, 1.54) is 0 Å². The highest BCUT2D eigenvalue weighted by Gasteiger charge is 2.24. The van der Waals surface area contributed by atoms with Gasteiger partial charge in [0.1, 0.15) is 0 Å². The van der Waals surface area contributed by atoms with Crippen molar-refractivity contribution in [3.05, 3.63) is 23.8 Å². The highest BCUT2D eigenvalue weighted by atomic mass is 32.2. The molecule has 1 aromatic carbocycles. The van der Waals surface area contributed by atoms with Gasteiger partial charge in [0.25, 0.3) is 5.91 Å². The molecule has 144 valence electrons. The summed E-state index contributed by atoms with van der Waals surface area (Å²) in [6.07, 6.45) is 3.31. The summed E-state index contributed by atoms with van der Waals surface area (Å²) in [4.78, 5) is 25.6. The topological polar surface area (TPSA) is 76.1 Å². The third-order valence-corrected chi connectivity index (χ3v) is 5.35. The first kappa shape index (κ1) is 20.4. The van der Waals surface area contributed by atoms with Gasteiger partial charge in [-0.25, -0.2) is 4.79 Å². The summed E-state index contributed by atoms with van der Waals surface area (Å²) in [5.41, 5.74) is 0.540. The van der Waals surface area contributed by atoms with Crippen LogP contribution in [-0.4, -0.2) is 59.2 Å². The molecule has 1 fully saturated rings. The van der Waals surface area contributed by atoms with Crippen LogP contribution < -0.4 is 9.47 Å². The Bertz CT molecular complexity index is 622. The van der Waals surface area contributed by atoms with Crippen molar-refractivity contribution in [3.63, 3.8) is 0 Å². The Hall–Kier alpha value is -1.89. The number of hydrogen-bond acceptors (Lipinski definition) is 5. The average Bonchev–Trinajstić information content (AvgIpc) is 2.86. The molecule has 1 aromatic rings. The molecule has 1 atom stereocenters. The molecule has 1 saturated heterocycles. The van der Waals surface area contributed by atoms with Crippen LogP contribution in [0.25, 0.3) is 0 Å². The molecule has 2 rings (SSSR count). The SMILES string of the molecule is CCOc1cc(C(=O)N2CCCCC(SCC)C2)ccc1OCC(=O)O. The van der Waals surface area contributed by atoms with Gasteiger partial charge in [0.2, 0.25) is 0 Å². The van der Waals surface area contributed by atoms with Crippen molar-refractivity contribution in [3.8, 4) is 11.5 Å². The fourth-order valence-electron chi connectivity index (χ4n) is 3.01. The highest BCUT2D eigenvalue weighted by molar-refractivity contribution is 7.99. The van der Waals surface area contributed by atoms with Crippen LogP contribution in [0.3, 0.4) is 0 Å². The molecular weight excluding hydrogens is 354 g/mol. The van der Waals surface area contributed by atoms with Crippen LogP contribution in [0, 0.1) is 0 Å². The lowest BCUT2D eigenvalue weighted by molar-refractivity contribution is -0.139. The molecule has 1 aliphatic heterocycles. The molecule has 1 amide bonds. The number of aliphatic carboxylic acids is 1. The second kappa shape index (κ2) is 10.3. The number of amides is 1. The number of carboxylic acids is 1. The molecule has 0 aliphatic carbocycles. The van der Waals surface area contributed by atoms with Gasteiger partial charge >= 0.3 is 5.97 Å².